The smallest absolute Gasteiger partial charge is 0.377 e. The Morgan fingerprint density at radius 2 is 1.83 bits per heavy atom. The third-order valence-corrected chi connectivity index (χ3v) is 4.58. The summed E-state index contributed by atoms with van der Waals surface area (Å²) in [5, 5.41) is 0. The molecule has 0 saturated carbocycles. The maximum absolute atomic E-state index is 5.30. The van der Waals surface area contributed by atoms with Crippen LogP contribution in [-0.4, -0.2) is 29.8 Å². The fourth-order valence-electron chi connectivity index (χ4n) is 0.998. The molecular formula is C7H19NO3Si. The Morgan fingerprint density at radius 3 is 2.17 bits per heavy atom. The topological polar surface area (TPSA) is 53.7 Å². The van der Waals surface area contributed by atoms with E-state index in [1.54, 1.807) is 14.2 Å². The molecule has 0 saturated heterocycles. The summed E-state index contributed by atoms with van der Waals surface area (Å²) < 4.78 is 15.8. The van der Waals surface area contributed by atoms with E-state index in [0.717, 1.165) is 18.9 Å². The van der Waals surface area contributed by atoms with Crippen LogP contribution in [0.5, 0.6) is 0 Å². The highest BCUT2D eigenvalue weighted by Gasteiger charge is 2.37. The first kappa shape index (κ1) is 12.1. The van der Waals surface area contributed by atoms with E-state index < -0.39 is 8.80 Å². The predicted molar refractivity (Wildman–Crippen MR) is 49.6 cm³/mol. The van der Waals surface area contributed by atoms with Gasteiger partial charge in [-0.3, -0.25) is 0 Å². The molecule has 0 aromatic carbocycles. The van der Waals surface area contributed by atoms with Gasteiger partial charge in [0.05, 0.1) is 6.73 Å². The van der Waals surface area contributed by atoms with Gasteiger partial charge < -0.3 is 19.0 Å². The van der Waals surface area contributed by atoms with E-state index in [-0.39, 0.29) is 6.73 Å². The Kier molecular flexibility index (Phi) is 6.59. The van der Waals surface area contributed by atoms with Crippen LogP contribution >= 0.6 is 0 Å². The van der Waals surface area contributed by atoms with Crippen LogP contribution in [0.4, 0.5) is 0 Å². The average Bonchev–Trinajstić information content (AvgIpc) is 2.13. The molecule has 0 spiro atoms. The van der Waals surface area contributed by atoms with Crippen molar-refractivity contribution in [1.29, 1.82) is 0 Å². The Bertz CT molecular complexity index is 109. The fraction of sp³-hybridized carbons (Fsp3) is 1.00. The lowest BCUT2D eigenvalue weighted by Crippen LogP contribution is -2.45. The first-order chi connectivity index (χ1) is 5.74. The zero-order chi connectivity index (χ0) is 9.45. The van der Waals surface area contributed by atoms with Crippen molar-refractivity contribution >= 4 is 8.80 Å². The average molecular weight is 193 g/mol. The van der Waals surface area contributed by atoms with Crippen molar-refractivity contribution in [2.24, 2.45) is 5.73 Å². The molecule has 0 fully saturated rings. The maximum Gasteiger partial charge on any atom is 0.501 e. The summed E-state index contributed by atoms with van der Waals surface area (Å²) in [4.78, 5) is 0. The highest BCUT2D eigenvalue weighted by molar-refractivity contribution is 6.60. The first-order valence-corrected chi connectivity index (χ1v) is 6.12. The fourth-order valence-corrected chi connectivity index (χ4v) is 2.99. The van der Waals surface area contributed by atoms with Crippen molar-refractivity contribution in [3.05, 3.63) is 0 Å². The molecule has 0 aliphatic heterocycles. The molecule has 0 radical (unpaired) electrons. The van der Waals surface area contributed by atoms with Crippen LogP contribution in [0.3, 0.4) is 0 Å². The zero-order valence-corrected chi connectivity index (χ0v) is 9.13. The number of hydrogen-bond donors (Lipinski definition) is 1. The lowest BCUT2D eigenvalue weighted by molar-refractivity contribution is 0.100. The second-order valence-electron chi connectivity index (χ2n) is 2.51. The van der Waals surface area contributed by atoms with Crippen molar-refractivity contribution in [3.8, 4) is 0 Å². The summed E-state index contributed by atoms with van der Waals surface area (Å²) in [5.74, 6) is 0. The SMILES string of the molecule is CCCC[Si](OC)(OC)OCN. The number of nitrogens with two attached hydrogens (primary N) is 1. The molecule has 4 nitrogen and oxygen atoms in total. The molecule has 74 valence electrons. The van der Waals surface area contributed by atoms with Crippen LogP contribution in [0, 0.1) is 0 Å². The van der Waals surface area contributed by atoms with Crippen LogP contribution in [0.1, 0.15) is 19.8 Å². The third-order valence-electron chi connectivity index (χ3n) is 1.76. The minimum atomic E-state index is -2.39. The number of hydrogen-bond acceptors (Lipinski definition) is 4. The van der Waals surface area contributed by atoms with Crippen LogP contribution < -0.4 is 5.73 Å². The van der Waals surface area contributed by atoms with Crippen molar-refractivity contribution < 1.29 is 13.3 Å². The molecule has 0 aliphatic carbocycles. The molecule has 0 unspecified atom stereocenters. The molecule has 0 atom stereocenters. The van der Waals surface area contributed by atoms with E-state index in [1.807, 2.05) is 0 Å². The summed E-state index contributed by atoms with van der Waals surface area (Å²) in [6.07, 6.45) is 2.16. The second-order valence-corrected chi connectivity index (χ2v) is 5.48. The highest BCUT2D eigenvalue weighted by Crippen LogP contribution is 2.16. The van der Waals surface area contributed by atoms with E-state index >= 15 is 0 Å². The summed E-state index contributed by atoms with van der Waals surface area (Å²) in [5.41, 5.74) is 5.29. The van der Waals surface area contributed by atoms with Crippen LogP contribution in [0.25, 0.3) is 0 Å². The highest BCUT2D eigenvalue weighted by atomic mass is 28.4. The molecule has 0 amide bonds. The van der Waals surface area contributed by atoms with Gasteiger partial charge in [-0.1, -0.05) is 13.3 Å². The van der Waals surface area contributed by atoms with Gasteiger partial charge in [0, 0.05) is 20.3 Å². The Hall–Kier alpha value is 0.0569. The van der Waals surface area contributed by atoms with Crippen LogP contribution in [0.15, 0.2) is 0 Å². The van der Waals surface area contributed by atoms with Gasteiger partial charge >= 0.3 is 8.80 Å². The van der Waals surface area contributed by atoms with E-state index in [9.17, 15) is 0 Å². The molecule has 0 rings (SSSR count). The minimum Gasteiger partial charge on any atom is -0.377 e. The Labute approximate surface area is 75.4 Å². The monoisotopic (exact) mass is 193 g/mol. The van der Waals surface area contributed by atoms with Gasteiger partial charge in [-0.15, -0.1) is 0 Å². The van der Waals surface area contributed by atoms with Gasteiger partial charge in [0.2, 0.25) is 0 Å². The molecule has 5 heteroatoms. The molecule has 12 heavy (non-hydrogen) atoms. The molecule has 0 aromatic rings. The van der Waals surface area contributed by atoms with Crippen molar-refractivity contribution in [2.75, 3.05) is 21.0 Å². The quantitative estimate of drug-likeness (QED) is 0.483. The first-order valence-electron chi connectivity index (χ1n) is 4.19. The number of rotatable bonds is 7. The summed E-state index contributed by atoms with van der Waals surface area (Å²) in [6, 6.07) is 0.841. The van der Waals surface area contributed by atoms with E-state index in [1.165, 1.54) is 0 Å². The van der Waals surface area contributed by atoms with E-state index in [2.05, 4.69) is 6.92 Å². The lowest BCUT2D eigenvalue weighted by atomic mass is 10.4. The summed E-state index contributed by atoms with van der Waals surface area (Å²) in [6.45, 7) is 2.28. The van der Waals surface area contributed by atoms with E-state index in [0.29, 0.717) is 0 Å². The molecular weight excluding hydrogens is 174 g/mol. The van der Waals surface area contributed by atoms with Crippen LogP contribution in [-0.2, 0) is 13.3 Å². The lowest BCUT2D eigenvalue weighted by Gasteiger charge is -2.25. The summed E-state index contributed by atoms with van der Waals surface area (Å²) >= 11 is 0. The van der Waals surface area contributed by atoms with E-state index in [4.69, 9.17) is 19.0 Å². The molecule has 2 N–H and O–H groups in total. The van der Waals surface area contributed by atoms with Gasteiger partial charge in [-0.2, -0.15) is 0 Å². The second kappa shape index (κ2) is 6.56. The zero-order valence-electron chi connectivity index (χ0n) is 8.13. The van der Waals surface area contributed by atoms with Gasteiger partial charge in [-0.25, -0.2) is 0 Å². The van der Waals surface area contributed by atoms with Gasteiger partial charge in [-0.05, 0) is 6.42 Å². The molecule has 0 heterocycles. The molecule has 0 bridgehead atoms. The third kappa shape index (κ3) is 3.64. The van der Waals surface area contributed by atoms with Crippen molar-refractivity contribution in [2.45, 2.75) is 25.8 Å². The predicted octanol–water partition coefficient (Wildman–Crippen LogP) is 0.951. The van der Waals surface area contributed by atoms with Gasteiger partial charge in [0.1, 0.15) is 0 Å². The van der Waals surface area contributed by atoms with Crippen molar-refractivity contribution in [3.63, 3.8) is 0 Å². The largest absolute Gasteiger partial charge is 0.501 e. The number of unbranched alkanes of at least 4 members (excludes halogenated alkanes) is 1. The van der Waals surface area contributed by atoms with Crippen molar-refractivity contribution in [1.82, 2.24) is 0 Å². The minimum absolute atomic E-state index is 0.164. The van der Waals surface area contributed by atoms with Gasteiger partial charge in [0.15, 0.2) is 0 Å². The standard InChI is InChI=1S/C7H19NO3Si/c1-4-5-6-12(9-2,10-3)11-7-8/h4-8H2,1-3H3. The van der Waals surface area contributed by atoms with Crippen LogP contribution in [0.2, 0.25) is 6.04 Å². The maximum atomic E-state index is 5.30. The molecule has 0 aromatic heterocycles. The summed E-state index contributed by atoms with van der Waals surface area (Å²) in [7, 11) is 0.835. The Balaban J connectivity index is 3.95. The Morgan fingerprint density at radius 1 is 1.25 bits per heavy atom. The van der Waals surface area contributed by atoms with Gasteiger partial charge in [0.25, 0.3) is 0 Å². The normalized spacial score (nSPS) is 12.0. The molecule has 0 aliphatic rings.